The lowest BCUT2D eigenvalue weighted by atomic mass is 9.99. The quantitative estimate of drug-likeness (QED) is 0.432. The zero-order valence-electron chi connectivity index (χ0n) is 17.0. The molecule has 0 bridgehead atoms. The van der Waals surface area contributed by atoms with Gasteiger partial charge in [0.05, 0.1) is 56.2 Å². The van der Waals surface area contributed by atoms with Crippen LogP contribution < -0.4 is 0 Å². The highest BCUT2D eigenvalue weighted by molar-refractivity contribution is 5.59. The molecule has 0 spiro atoms. The second kappa shape index (κ2) is 8.79. The third-order valence-electron chi connectivity index (χ3n) is 5.24. The van der Waals surface area contributed by atoms with E-state index in [4.69, 9.17) is 4.74 Å². The lowest BCUT2D eigenvalue weighted by molar-refractivity contribution is -0.395. The van der Waals surface area contributed by atoms with E-state index in [9.17, 15) is 40.5 Å². The van der Waals surface area contributed by atoms with Gasteiger partial charge in [-0.05, 0) is 38.8 Å². The zero-order valence-corrected chi connectivity index (χ0v) is 17.0. The Kier molecular flexibility index (Phi) is 6.60. The van der Waals surface area contributed by atoms with Gasteiger partial charge in [-0.15, -0.1) is 0 Å². The van der Waals surface area contributed by atoms with E-state index >= 15 is 0 Å². The Balaban J connectivity index is 2.44. The number of hydrogen-bond donors (Lipinski definition) is 0. The Morgan fingerprint density at radius 1 is 0.581 bits per heavy atom. The molecule has 13 nitrogen and oxygen atoms in total. The molecule has 0 aliphatic rings. The summed E-state index contributed by atoms with van der Waals surface area (Å²) in [6.45, 7) is 5.20. The second-order valence-corrected chi connectivity index (χ2v) is 6.81. The minimum absolute atomic E-state index is 0.104. The van der Waals surface area contributed by atoms with Gasteiger partial charge < -0.3 is 4.74 Å². The Bertz CT molecular complexity index is 1040. The van der Waals surface area contributed by atoms with Gasteiger partial charge in [0.15, 0.2) is 0 Å². The van der Waals surface area contributed by atoms with E-state index in [1.807, 2.05) is 0 Å². The van der Waals surface area contributed by atoms with Gasteiger partial charge in [-0.1, -0.05) is 0 Å². The van der Waals surface area contributed by atoms with Crippen molar-refractivity contribution >= 4 is 22.7 Å². The number of hydrogen-bond acceptors (Lipinski definition) is 9. The Morgan fingerprint density at radius 2 is 0.871 bits per heavy atom. The first-order valence-corrected chi connectivity index (χ1v) is 8.79. The van der Waals surface area contributed by atoms with Gasteiger partial charge in [-0.25, -0.2) is 0 Å². The normalized spacial score (nSPS) is 10.7. The summed E-state index contributed by atoms with van der Waals surface area (Å²) >= 11 is 0. The lowest BCUT2D eigenvalue weighted by Crippen LogP contribution is -2.08. The molecule has 0 aliphatic heterocycles. The monoisotopic (exact) mass is 434 g/mol. The molecule has 0 N–H and O–H groups in total. The maximum Gasteiger partial charge on any atom is 0.282 e. The molecular formula is C18H18N4O9. The van der Waals surface area contributed by atoms with E-state index in [0.29, 0.717) is 11.1 Å². The first kappa shape index (κ1) is 23.3. The zero-order chi connectivity index (χ0) is 23.6. The van der Waals surface area contributed by atoms with Gasteiger partial charge in [0.1, 0.15) is 0 Å². The van der Waals surface area contributed by atoms with Crippen LogP contribution in [-0.2, 0) is 18.0 Å². The minimum Gasteiger partial charge on any atom is -0.372 e. The van der Waals surface area contributed by atoms with E-state index < -0.39 is 42.4 Å². The fraction of sp³-hybridized carbons (Fsp3) is 0.333. The number of nitrogens with zero attached hydrogens (tertiary/aromatic N) is 4. The number of benzene rings is 2. The number of rotatable bonds is 8. The first-order valence-electron chi connectivity index (χ1n) is 8.79. The second-order valence-electron chi connectivity index (χ2n) is 6.81. The van der Waals surface area contributed by atoms with Crippen LogP contribution in [0.25, 0.3) is 0 Å². The molecule has 31 heavy (non-hydrogen) atoms. The summed E-state index contributed by atoms with van der Waals surface area (Å²) in [5.74, 6) is 0. The van der Waals surface area contributed by atoms with Crippen LogP contribution in [0.2, 0.25) is 0 Å². The predicted molar refractivity (Wildman–Crippen MR) is 107 cm³/mol. The minimum atomic E-state index is -0.762. The molecule has 2 aromatic rings. The van der Waals surface area contributed by atoms with E-state index in [1.54, 1.807) is 0 Å². The van der Waals surface area contributed by atoms with Crippen LogP contribution in [0.15, 0.2) is 12.1 Å². The molecule has 0 atom stereocenters. The molecular weight excluding hydrogens is 416 g/mol. The highest BCUT2D eigenvalue weighted by Gasteiger charge is 2.28. The third kappa shape index (κ3) is 4.45. The average Bonchev–Trinajstić information content (AvgIpc) is 2.67. The largest absolute Gasteiger partial charge is 0.372 e. The van der Waals surface area contributed by atoms with Gasteiger partial charge in [0.25, 0.3) is 22.7 Å². The summed E-state index contributed by atoms with van der Waals surface area (Å²) in [5.41, 5.74) is -0.513. The molecule has 0 aromatic heterocycles. The Labute approximate surface area is 174 Å². The van der Waals surface area contributed by atoms with Crippen LogP contribution in [0.3, 0.4) is 0 Å². The van der Waals surface area contributed by atoms with Crippen molar-refractivity contribution in [2.75, 3.05) is 0 Å². The number of ether oxygens (including phenoxy) is 1. The van der Waals surface area contributed by atoms with Gasteiger partial charge in [-0.2, -0.15) is 0 Å². The summed E-state index contributed by atoms with van der Waals surface area (Å²) in [5, 5.41) is 45.1. The predicted octanol–water partition coefficient (Wildman–Crippen LogP) is 4.27. The van der Waals surface area contributed by atoms with Crippen LogP contribution in [0, 0.1) is 68.2 Å². The Morgan fingerprint density at radius 3 is 1.13 bits per heavy atom. The molecule has 0 saturated heterocycles. The van der Waals surface area contributed by atoms with Gasteiger partial charge in [-0.3, -0.25) is 40.5 Å². The molecule has 0 unspecified atom stereocenters. The molecule has 0 radical (unpaired) electrons. The number of nitro groups is 4. The molecule has 2 aromatic carbocycles. The first-order chi connectivity index (χ1) is 14.4. The number of nitro benzene ring substituents is 4. The van der Waals surface area contributed by atoms with Crippen LogP contribution in [0.4, 0.5) is 22.7 Å². The maximum absolute atomic E-state index is 11.4. The molecule has 0 aliphatic carbocycles. The van der Waals surface area contributed by atoms with Crippen molar-refractivity contribution in [1.82, 2.24) is 0 Å². The Hall–Kier alpha value is -4.00. The van der Waals surface area contributed by atoms with Gasteiger partial charge in [0.2, 0.25) is 0 Å². The molecule has 13 heteroatoms. The van der Waals surface area contributed by atoms with Crippen molar-refractivity contribution in [1.29, 1.82) is 0 Å². The smallest absolute Gasteiger partial charge is 0.282 e. The fourth-order valence-corrected chi connectivity index (χ4v) is 3.20. The summed E-state index contributed by atoms with van der Waals surface area (Å²) in [7, 11) is 0. The van der Waals surface area contributed by atoms with E-state index in [2.05, 4.69) is 0 Å². The van der Waals surface area contributed by atoms with Crippen molar-refractivity contribution in [2.24, 2.45) is 0 Å². The van der Waals surface area contributed by atoms with E-state index in [-0.39, 0.29) is 35.5 Å². The summed E-state index contributed by atoms with van der Waals surface area (Å²) in [4.78, 5) is 42.2. The van der Waals surface area contributed by atoms with Crippen molar-refractivity contribution in [2.45, 2.75) is 40.9 Å². The van der Waals surface area contributed by atoms with Crippen LogP contribution >= 0.6 is 0 Å². The molecule has 164 valence electrons. The summed E-state index contributed by atoms with van der Waals surface area (Å²) in [6, 6.07) is 1.70. The standard InChI is InChI=1S/C18H18N4O9/c1-9-11(3)15(19(23)24)5-17(21(27)28)13(9)7-31-8-14-10(2)12(4)16(20(25)26)6-18(14)22(29)30/h5-6H,7-8H2,1-4H3. The van der Waals surface area contributed by atoms with Crippen LogP contribution in [0.1, 0.15) is 33.4 Å². The van der Waals surface area contributed by atoms with E-state index in [0.717, 1.165) is 12.1 Å². The topological polar surface area (TPSA) is 182 Å². The highest BCUT2D eigenvalue weighted by Crippen LogP contribution is 2.35. The molecule has 0 heterocycles. The summed E-state index contributed by atoms with van der Waals surface area (Å²) < 4.78 is 5.51. The SMILES string of the molecule is Cc1c([N+](=O)[O-])cc([N+](=O)[O-])c(COCc2c([N+](=O)[O-])cc([N+](=O)[O-])c(C)c2C)c1C. The van der Waals surface area contributed by atoms with Gasteiger partial charge >= 0.3 is 0 Å². The van der Waals surface area contributed by atoms with Gasteiger partial charge in [0, 0.05) is 11.1 Å². The summed E-state index contributed by atoms with van der Waals surface area (Å²) in [6.07, 6.45) is 0. The van der Waals surface area contributed by atoms with E-state index in [1.165, 1.54) is 27.7 Å². The fourth-order valence-electron chi connectivity index (χ4n) is 3.20. The van der Waals surface area contributed by atoms with Crippen molar-refractivity contribution in [3.05, 3.63) is 86.0 Å². The van der Waals surface area contributed by atoms with Crippen LogP contribution in [0.5, 0.6) is 0 Å². The molecule has 2 rings (SSSR count). The third-order valence-corrected chi connectivity index (χ3v) is 5.24. The van der Waals surface area contributed by atoms with Crippen molar-refractivity contribution in [3.8, 4) is 0 Å². The molecule has 0 fully saturated rings. The van der Waals surface area contributed by atoms with Crippen molar-refractivity contribution < 1.29 is 24.4 Å². The maximum atomic E-state index is 11.4. The van der Waals surface area contributed by atoms with Crippen LogP contribution in [-0.4, -0.2) is 19.7 Å². The highest BCUT2D eigenvalue weighted by atomic mass is 16.6. The lowest BCUT2D eigenvalue weighted by Gasteiger charge is -2.13. The molecule has 0 amide bonds. The van der Waals surface area contributed by atoms with Crippen molar-refractivity contribution in [3.63, 3.8) is 0 Å². The average molecular weight is 434 g/mol. The molecule has 0 saturated carbocycles.